The van der Waals surface area contributed by atoms with Crippen LogP contribution in [0.5, 0.6) is 0 Å². The highest BCUT2D eigenvalue weighted by molar-refractivity contribution is 5.18. The number of hydrogen-bond donors (Lipinski definition) is 2. The van der Waals surface area contributed by atoms with Crippen molar-refractivity contribution in [3.8, 4) is 0 Å². The quantitative estimate of drug-likeness (QED) is 0.736. The maximum atomic E-state index is 12.3. The van der Waals surface area contributed by atoms with E-state index < -0.39 is 11.9 Å². The fraction of sp³-hybridized carbons (Fsp3) is 0.625. The zero-order valence-electron chi connectivity index (χ0n) is 8.19. The summed E-state index contributed by atoms with van der Waals surface area (Å²) >= 11 is 0. The smallest absolute Gasteiger partial charge is 0.383 e. The summed E-state index contributed by atoms with van der Waals surface area (Å²) < 4.78 is 41.8. The Kier molecular flexibility index (Phi) is 4.10. The molecular weight excluding hydrogens is 211 g/mol. The molecular formula is C8H12F3N3O. The number of H-pyrrole nitrogens is 1. The van der Waals surface area contributed by atoms with E-state index in [1.807, 2.05) is 5.10 Å². The summed E-state index contributed by atoms with van der Waals surface area (Å²) in [5.41, 5.74) is -0.689. The van der Waals surface area contributed by atoms with Crippen LogP contribution in [0.2, 0.25) is 0 Å². The van der Waals surface area contributed by atoms with Crippen LogP contribution < -0.4 is 5.32 Å². The van der Waals surface area contributed by atoms with Gasteiger partial charge in [0.25, 0.3) is 0 Å². The lowest BCUT2D eigenvalue weighted by molar-refractivity contribution is -0.141. The van der Waals surface area contributed by atoms with Crippen LogP contribution in [0.15, 0.2) is 6.20 Å². The highest BCUT2D eigenvalue weighted by atomic mass is 19.4. The monoisotopic (exact) mass is 223 g/mol. The zero-order chi connectivity index (χ0) is 11.3. The number of aromatic amines is 1. The summed E-state index contributed by atoms with van der Waals surface area (Å²) in [4.78, 5) is 0. The van der Waals surface area contributed by atoms with Crippen molar-refractivity contribution in [2.75, 3.05) is 20.3 Å². The van der Waals surface area contributed by atoms with E-state index in [4.69, 9.17) is 4.74 Å². The van der Waals surface area contributed by atoms with E-state index in [-0.39, 0.29) is 12.1 Å². The average molecular weight is 223 g/mol. The van der Waals surface area contributed by atoms with Crippen molar-refractivity contribution >= 4 is 0 Å². The van der Waals surface area contributed by atoms with E-state index in [1.165, 1.54) is 13.3 Å². The number of hydrogen-bond acceptors (Lipinski definition) is 3. The number of nitrogens with one attached hydrogen (secondary N) is 2. The molecule has 0 saturated heterocycles. The second-order valence-electron chi connectivity index (χ2n) is 2.94. The minimum atomic E-state index is -4.38. The van der Waals surface area contributed by atoms with Gasteiger partial charge in [-0.2, -0.15) is 18.3 Å². The molecule has 0 saturated carbocycles. The van der Waals surface area contributed by atoms with Gasteiger partial charge in [-0.15, -0.1) is 0 Å². The molecule has 0 atom stereocenters. The fourth-order valence-corrected chi connectivity index (χ4v) is 1.09. The first-order valence-corrected chi connectivity index (χ1v) is 4.35. The Morgan fingerprint density at radius 1 is 1.53 bits per heavy atom. The normalized spacial score (nSPS) is 12.0. The standard InChI is InChI=1S/C8H12F3N3O/c1-15-3-2-12-4-6-5-13-14-7(6)8(9,10)11/h5,12H,2-4H2,1H3,(H,13,14). The molecule has 7 heteroatoms. The minimum Gasteiger partial charge on any atom is -0.383 e. The molecule has 0 fully saturated rings. The van der Waals surface area contributed by atoms with E-state index in [1.54, 1.807) is 0 Å². The van der Waals surface area contributed by atoms with Crippen LogP contribution in [-0.2, 0) is 17.5 Å². The molecule has 0 unspecified atom stereocenters. The van der Waals surface area contributed by atoms with E-state index in [9.17, 15) is 13.2 Å². The number of halogens is 3. The summed E-state index contributed by atoms with van der Waals surface area (Å²) in [5.74, 6) is 0. The molecule has 4 nitrogen and oxygen atoms in total. The first-order chi connectivity index (χ1) is 7.05. The van der Waals surface area contributed by atoms with Crippen molar-refractivity contribution in [2.45, 2.75) is 12.7 Å². The van der Waals surface area contributed by atoms with Gasteiger partial charge in [-0.25, -0.2) is 0 Å². The Balaban J connectivity index is 2.51. The highest BCUT2D eigenvalue weighted by Gasteiger charge is 2.35. The van der Waals surface area contributed by atoms with E-state index in [0.29, 0.717) is 13.2 Å². The lowest BCUT2D eigenvalue weighted by atomic mass is 10.2. The predicted octanol–water partition coefficient (Wildman–Crippen LogP) is 1.16. The topological polar surface area (TPSA) is 49.9 Å². The van der Waals surface area contributed by atoms with Gasteiger partial charge in [-0.1, -0.05) is 0 Å². The third kappa shape index (κ3) is 3.52. The van der Waals surface area contributed by atoms with E-state index in [2.05, 4.69) is 10.4 Å². The largest absolute Gasteiger partial charge is 0.433 e. The third-order valence-corrected chi connectivity index (χ3v) is 1.80. The zero-order valence-corrected chi connectivity index (χ0v) is 8.19. The van der Waals surface area contributed by atoms with Crippen molar-refractivity contribution in [2.24, 2.45) is 0 Å². The van der Waals surface area contributed by atoms with Crippen molar-refractivity contribution in [1.82, 2.24) is 15.5 Å². The number of methoxy groups -OCH3 is 1. The molecule has 1 aromatic rings. The second-order valence-corrected chi connectivity index (χ2v) is 2.94. The van der Waals surface area contributed by atoms with Crippen LogP contribution in [0.25, 0.3) is 0 Å². The Morgan fingerprint density at radius 2 is 2.27 bits per heavy atom. The Bertz CT molecular complexity index is 298. The number of ether oxygens (including phenoxy) is 1. The van der Waals surface area contributed by atoms with Crippen molar-refractivity contribution in [1.29, 1.82) is 0 Å². The molecule has 0 aliphatic rings. The minimum absolute atomic E-state index is 0.110. The SMILES string of the molecule is COCCNCc1cn[nH]c1C(F)(F)F. The predicted molar refractivity (Wildman–Crippen MR) is 47.2 cm³/mol. The highest BCUT2D eigenvalue weighted by Crippen LogP contribution is 2.29. The van der Waals surface area contributed by atoms with Crippen LogP contribution >= 0.6 is 0 Å². The first-order valence-electron chi connectivity index (χ1n) is 4.35. The maximum absolute atomic E-state index is 12.3. The average Bonchev–Trinajstić information content (AvgIpc) is 2.59. The summed E-state index contributed by atoms with van der Waals surface area (Å²) in [5, 5.41) is 8.13. The van der Waals surface area contributed by atoms with Gasteiger partial charge in [0.05, 0.1) is 12.8 Å². The Morgan fingerprint density at radius 3 is 2.87 bits per heavy atom. The van der Waals surface area contributed by atoms with Crippen LogP contribution in [0.1, 0.15) is 11.3 Å². The lowest BCUT2D eigenvalue weighted by Crippen LogP contribution is -2.20. The number of nitrogens with zero attached hydrogens (tertiary/aromatic N) is 1. The van der Waals surface area contributed by atoms with Crippen molar-refractivity contribution < 1.29 is 17.9 Å². The van der Waals surface area contributed by atoms with Gasteiger partial charge in [0.1, 0.15) is 5.69 Å². The number of aromatic nitrogens is 2. The molecule has 0 radical (unpaired) electrons. The fourth-order valence-electron chi connectivity index (χ4n) is 1.09. The van der Waals surface area contributed by atoms with E-state index in [0.717, 1.165) is 0 Å². The second kappa shape index (κ2) is 5.13. The van der Waals surface area contributed by atoms with Gasteiger partial charge in [0.2, 0.25) is 0 Å². The maximum Gasteiger partial charge on any atom is 0.433 e. The van der Waals surface area contributed by atoms with Gasteiger partial charge in [-0.3, -0.25) is 5.10 Å². The summed E-state index contributed by atoms with van der Waals surface area (Å²) in [6.07, 6.45) is -3.21. The van der Waals surface area contributed by atoms with Crippen molar-refractivity contribution in [3.63, 3.8) is 0 Å². The number of alkyl halides is 3. The first kappa shape index (κ1) is 12.0. The molecule has 1 heterocycles. The van der Waals surface area contributed by atoms with E-state index >= 15 is 0 Å². The van der Waals surface area contributed by atoms with Gasteiger partial charge in [0, 0.05) is 25.8 Å². The summed E-state index contributed by atoms with van der Waals surface area (Å²) in [7, 11) is 1.53. The van der Waals surface area contributed by atoms with Gasteiger partial charge in [0.15, 0.2) is 0 Å². The van der Waals surface area contributed by atoms with Gasteiger partial charge >= 0.3 is 6.18 Å². The molecule has 1 rings (SSSR count). The third-order valence-electron chi connectivity index (χ3n) is 1.80. The molecule has 0 aliphatic carbocycles. The summed E-state index contributed by atoms with van der Waals surface area (Å²) in [6.45, 7) is 1.08. The molecule has 0 aliphatic heterocycles. The van der Waals surface area contributed by atoms with Gasteiger partial charge < -0.3 is 10.1 Å². The summed E-state index contributed by atoms with van der Waals surface area (Å²) in [6, 6.07) is 0. The van der Waals surface area contributed by atoms with Crippen LogP contribution in [0, 0.1) is 0 Å². The van der Waals surface area contributed by atoms with Gasteiger partial charge in [-0.05, 0) is 0 Å². The molecule has 15 heavy (non-hydrogen) atoms. The molecule has 0 bridgehead atoms. The lowest BCUT2D eigenvalue weighted by Gasteiger charge is -2.07. The van der Waals surface area contributed by atoms with Crippen LogP contribution in [0.3, 0.4) is 0 Å². The van der Waals surface area contributed by atoms with Crippen LogP contribution in [0.4, 0.5) is 13.2 Å². The Hall–Kier alpha value is -1.08. The number of rotatable bonds is 5. The van der Waals surface area contributed by atoms with Crippen LogP contribution in [-0.4, -0.2) is 30.5 Å². The molecule has 0 aromatic carbocycles. The molecule has 86 valence electrons. The molecule has 0 spiro atoms. The molecule has 2 N–H and O–H groups in total. The molecule has 1 aromatic heterocycles. The van der Waals surface area contributed by atoms with Crippen molar-refractivity contribution in [3.05, 3.63) is 17.5 Å². The molecule has 0 amide bonds. The Labute approximate surface area is 84.8 Å².